The van der Waals surface area contributed by atoms with Crippen molar-refractivity contribution in [2.75, 3.05) is 31.2 Å². The molecule has 2 atom stereocenters. The van der Waals surface area contributed by atoms with Gasteiger partial charge in [-0.25, -0.2) is 0 Å². The Labute approximate surface area is 141 Å². The van der Waals surface area contributed by atoms with Gasteiger partial charge < -0.3 is 20.7 Å². The van der Waals surface area contributed by atoms with E-state index in [0.29, 0.717) is 18.4 Å². The molecule has 2 aliphatic rings. The highest BCUT2D eigenvalue weighted by Crippen LogP contribution is 2.20. The second-order valence-corrected chi connectivity index (χ2v) is 6.18. The third-order valence-corrected chi connectivity index (χ3v) is 4.62. The first kappa shape index (κ1) is 16.5. The van der Waals surface area contributed by atoms with Crippen molar-refractivity contribution in [3.8, 4) is 0 Å². The van der Waals surface area contributed by atoms with Crippen molar-refractivity contribution in [1.29, 1.82) is 0 Å². The molecule has 3 N–H and O–H groups in total. The van der Waals surface area contributed by atoms with Crippen molar-refractivity contribution in [2.24, 2.45) is 11.7 Å². The summed E-state index contributed by atoms with van der Waals surface area (Å²) in [7, 11) is 0. The lowest BCUT2D eigenvalue weighted by molar-refractivity contribution is -0.122. The van der Waals surface area contributed by atoms with Gasteiger partial charge in [-0.15, -0.1) is 0 Å². The lowest BCUT2D eigenvalue weighted by atomic mass is 9.88. The van der Waals surface area contributed by atoms with Crippen molar-refractivity contribution in [1.82, 2.24) is 5.32 Å². The van der Waals surface area contributed by atoms with Gasteiger partial charge in [0.15, 0.2) is 0 Å². The summed E-state index contributed by atoms with van der Waals surface area (Å²) in [5, 5.41) is 2.94. The molecular weight excluding hydrogens is 306 g/mol. The summed E-state index contributed by atoms with van der Waals surface area (Å²) in [4.78, 5) is 26.2. The smallest absolute Gasteiger partial charge is 0.251 e. The largest absolute Gasteiger partial charge is 0.378 e. The van der Waals surface area contributed by atoms with Crippen LogP contribution in [0.25, 0.3) is 0 Å². The zero-order chi connectivity index (χ0) is 16.9. The number of nitrogens with one attached hydrogen (secondary N) is 1. The molecular formula is C18H23N3O3. The van der Waals surface area contributed by atoms with Gasteiger partial charge in [-0.2, -0.15) is 0 Å². The van der Waals surface area contributed by atoms with Crippen LogP contribution in [0.15, 0.2) is 36.4 Å². The van der Waals surface area contributed by atoms with Crippen molar-refractivity contribution >= 4 is 17.5 Å². The molecule has 24 heavy (non-hydrogen) atoms. The first-order chi connectivity index (χ1) is 11.6. The third kappa shape index (κ3) is 3.76. The number of nitrogens with zero attached hydrogens (tertiary/aromatic N) is 1. The summed E-state index contributed by atoms with van der Waals surface area (Å²) in [6.45, 7) is 3.18. The van der Waals surface area contributed by atoms with Crippen LogP contribution < -0.4 is 16.0 Å². The van der Waals surface area contributed by atoms with Gasteiger partial charge in [0, 0.05) is 30.4 Å². The van der Waals surface area contributed by atoms with Gasteiger partial charge in [0.25, 0.3) is 5.91 Å². The average Bonchev–Trinajstić information content (AvgIpc) is 2.63. The van der Waals surface area contributed by atoms with Crippen molar-refractivity contribution in [3.05, 3.63) is 42.0 Å². The molecule has 0 aromatic heterocycles. The number of ether oxygens (including phenoxy) is 1. The van der Waals surface area contributed by atoms with Crippen LogP contribution >= 0.6 is 0 Å². The number of amides is 2. The lowest BCUT2D eigenvalue weighted by Crippen LogP contribution is -2.46. The highest BCUT2D eigenvalue weighted by Gasteiger charge is 2.28. The molecule has 0 saturated carbocycles. The minimum atomic E-state index is -0.368. The van der Waals surface area contributed by atoms with Crippen LogP contribution in [0.3, 0.4) is 0 Å². The topological polar surface area (TPSA) is 84.7 Å². The summed E-state index contributed by atoms with van der Waals surface area (Å²) in [5.41, 5.74) is 7.11. The fraction of sp³-hybridized carbons (Fsp3) is 0.444. The van der Waals surface area contributed by atoms with Crippen molar-refractivity contribution in [3.63, 3.8) is 0 Å². The summed E-state index contributed by atoms with van der Waals surface area (Å²) in [6.07, 6.45) is 5.13. The van der Waals surface area contributed by atoms with E-state index in [4.69, 9.17) is 10.5 Å². The Balaban J connectivity index is 1.64. The fourth-order valence-electron chi connectivity index (χ4n) is 3.19. The quantitative estimate of drug-likeness (QED) is 0.810. The molecule has 0 bridgehead atoms. The van der Waals surface area contributed by atoms with Crippen molar-refractivity contribution in [2.45, 2.75) is 18.9 Å². The Morgan fingerprint density at radius 2 is 1.75 bits per heavy atom. The first-order valence-electron chi connectivity index (χ1n) is 8.33. The first-order valence-corrected chi connectivity index (χ1v) is 8.33. The van der Waals surface area contributed by atoms with E-state index in [0.717, 1.165) is 32.0 Å². The molecule has 6 heteroatoms. The molecule has 0 spiro atoms. The summed E-state index contributed by atoms with van der Waals surface area (Å²) in [5.74, 6) is -0.881. The van der Waals surface area contributed by atoms with E-state index in [9.17, 15) is 9.59 Å². The molecule has 1 aliphatic carbocycles. The summed E-state index contributed by atoms with van der Waals surface area (Å²) in [6, 6.07) is 7.30. The Morgan fingerprint density at radius 1 is 1.08 bits per heavy atom. The van der Waals surface area contributed by atoms with Gasteiger partial charge in [0.2, 0.25) is 5.91 Å². The molecule has 1 aromatic rings. The number of benzene rings is 1. The van der Waals surface area contributed by atoms with Crippen LogP contribution in [0.5, 0.6) is 0 Å². The monoisotopic (exact) mass is 329 g/mol. The van der Waals surface area contributed by atoms with Crippen LogP contribution in [0.4, 0.5) is 5.69 Å². The zero-order valence-corrected chi connectivity index (χ0v) is 13.6. The van der Waals surface area contributed by atoms with Gasteiger partial charge in [0.1, 0.15) is 0 Å². The number of primary amides is 1. The normalized spacial score (nSPS) is 23.8. The number of carbonyl (C=O) groups excluding carboxylic acids is 2. The van der Waals surface area contributed by atoms with Crippen LogP contribution in [0, 0.1) is 5.92 Å². The van der Waals surface area contributed by atoms with E-state index in [1.54, 1.807) is 0 Å². The number of rotatable bonds is 4. The van der Waals surface area contributed by atoms with E-state index in [2.05, 4.69) is 10.2 Å². The third-order valence-electron chi connectivity index (χ3n) is 4.62. The molecule has 3 rings (SSSR count). The van der Waals surface area contributed by atoms with E-state index in [1.165, 1.54) is 0 Å². The summed E-state index contributed by atoms with van der Waals surface area (Å²) >= 11 is 0. The average molecular weight is 329 g/mol. The van der Waals surface area contributed by atoms with Gasteiger partial charge in [-0.3, -0.25) is 9.59 Å². The van der Waals surface area contributed by atoms with Gasteiger partial charge in [-0.1, -0.05) is 12.2 Å². The predicted octanol–water partition coefficient (Wildman–Crippen LogP) is 1.07. The van der Waals surface area contributed by atoms with Gasteiger partial charge >= 0.3 is 0 Å². The Bertz CT molecular complexity index is 621. The Kier molecular flexibility index (Phi) is 5.15. The van der Waals surface area contributed by atoms with Crippen LogP contribution in [0.1, 0.15) is 23.2 Å². The second kappa shape index (κ2) is 7.49. The van der Waals surface area contributed by atoms with Gasteiger partial charge in [0.05, 0.1) is 19.1 Å². The molecule has 2 amide bonds. The van der Waals surface area contributed by atoms with Crippen molar-refractivity contribution < 1.29 is 14.3 Å². The van der Waals surface area contributed by atoms with Crippen LogP contribution in [0.2, 0.25) is 0 Å². The molecule has 0 unspecified atom stereocenters. The molecule has 1 aromatic carbocycles. The molecule has 1 fully saturated rings. The highest BCUT2D eigenvalue weighted by atomic mass is 16.5. The SMILES string of the molecule is NC(=O)[C@@H]1CC=CC[C@H]1NC(=O)c1ccc(N2CCOCC2)cc1. The zero-order valence-electron chi connectivity index (χ0n) is 13.6. The minimum absolute atomic E-state index is 0.171. The maximum Gasteiger partial charge on any atom is 0.251 e. The van der Waals surface area contributed by atoms with E-state index < -0.39 is 0 Å². The second-order valence-electron chi connectivity index (χ2n) is 6.18. The fourth-order valence-corrected chi connectivity index (χ4v) is 3.19. The number of morpholine rings is 1. The molecule has 1 heterocycles. The summed E-state index contributed by atoms with van der Waals surface area (Å²) < 4.78 is 5.35. The standard InChI is InChI=1S/C18H23N3O3/c19-17(22)15-3-1-2-4-16(15)20-18(23)13-5-7-14(8-6-13)21-9-11-24-12-10-21/h1-2,5-8,15-16H,3-4,9-12H2,(H2,19,22)(H,20,23)/t15-,16-/m1/s1. The Hall–Kier alpha value is -2.34. The predicted molar refractivity (Wildman–Crippen MR) is 91.8 cm³/mol. The molecule has 6 nitrogen and oxygen atoms in total. The minimum Gasteiger partial charge on any atom is -0.378 e. The lowest BCUT2D eigenvalue weighted by Gasteiger charge is -2.29. The maximum atomic E-state index is 12.4. The number of allylic oxidation sites excluding steroid dienone is 1. The number of hydrogen-bond acceptors (Lipinski definition) is 4. The van der Waals surface area contributed by atoms with Crippen LogP contribution in [-0.2, 0) is 9.53 Å². The molecule has 128 valence electrons. The Morgan fingerprint density at radius 3 is 2.42 bits per heavy atom. The van der Waals surface area contributed by atoms with E-state index in [-0.39, 0.29) is 23.8 Å². The van der Waals surface area contributed by atoms with Gasteiger partial charge in [-0.05, 0) is 37.1 Å². The highest BCUT2D eigenvalue weighted by molar-refractivity contribution is 5.95. The number of carbonyl (C=O) groups is 2. The number of nitrogens with two attached hydrogens (primary N) is 1. The van der Waals surface area contributed by atoms with E-state index >= 15 is 0 Å². The van der Waals surface area contributed by atoms with Crippen LogP contribution in [-0.4, -0.2) is 44.2 Å². The molecule has 0 radical (unpaired) electrons. The molecule has 1 aliphatic heterocycles. The van der Waals surface area contributed by atoms with E-state index in [1.807, 2.05) is 36.4 Å². The number of hydrogen-bond donors (Lipinski definition) is 2. The maximum absolute atomic E-state index is 12.4. The molecule has 1 saturated heterocycles. The number of anilines is 1.